The summed E-state index contributed by atoms with van der Waals surface area (Å²) in [7, 11) is 1.64. The lowest BCUT2D eigenvalue weighted by Gasteiger charge is -2.26. The molecule has 0 aliphatic carbocycles. The smallest absolute Gasteiger partial charge is 0.226 e. The number of hydrogen-bond donors (Lipinski definition) is 1. The Bertz CT molecular complexity index is 791. The van der Waals surface area contributed by atoms with Crippen molar-refractivity contribution in [1.29, 1.82) is 0 Å². The van der Waals surface area contributed by atoms with Crippen molar-refractivity contribution in [2.45, 2.75) is 20.3 Å². The van der Waals surface area contributed by atoms with E-state index in [1.807, 2.05) is 18.2 Å². The minimum atomic E-state index is -0.168. The summed E-state index contributed by atoms with van der Waals surface area (Å²) in [6, 6.07) is 14.2. The molecule has 1 atom stereocenters. The molecule has 3 rings (SSSR count). The van der Waals surface area contributed by atoms with Gasteiger partial charge in [0.1, 0.15) is 18.1 Å². The van der Waals surface area contributed by atoms with Gasteiger partial charge in [0.25, 0.3) is 0 Å². The van der Waals surface area contributed by atoms with Crippen LogP contribution >= 0.6 is 0 Å². The van der Waals surface area contributed by atoms with E-state index >= 15 is 0 Å². The van der Waals surface area contributed by atoms with Crippen LogP contribution in [0.25, 0.3) is 0 Å². The maximum Gasteiger partial charge on any atom is 0.226 e. The van der Waals surface area contributed by atoms with E-state index in [9.17, 15) is 4.79 Å². The van der Waals surface area contributed by atoms with Crippen molar-refractivity contribution < 1.29 is 14.3 Å². The van der Waals surface area contributed by atoms with Crippen molar-refractivity contribution in [1.82, 2.24) is 5.32 Å². The van der Waals surface area contributed by atoms with Gasteiger partial charge >= 0.3 is 0 Å². The van der Waals surface area contributed by atoms with Crippen molar-refractivity contribution in [3.63, 3.8) is 0 Å². The van der Waals surface area contributed by atoms with E-state index in [1.165, 1.54) is 11.3 Å². The molecule has 1 heterocycles. The molecule has 2 aromatic carbocycles. The molecule has 0 bridgehead atoms. The summed E-state index contributed by atoms with van der Waals surface area (Å²) in [6.45, 7) is 6.93. The third-order valence-corrected chi connectivity index (χ3v) is 4.97. The number of carbonyl (C=O) groups excluding carboxylic acids is 1. The van der Waals surface area contributed by atoms with E-state index in [1.54, 1.807) is 7.11 Å². The first kappa shape index (κ1) is 19.1. The molecule has 144 valence electrons. The molecular weight excluding hydrogens is 340 g/mol. The molecule has 0 saturated carbocycles. The Morgan fingerprint density at radius 1 is 1.30 bits per heavy atom. The molecule has 5 heteroatoms. The lowest BCUT2D eigenvalue weighted by molar-refractivity contribution is -0.126. The molecule has 1 aliphatic rings. The fraction of sp³-hybridized carbons (Fsp3) is 0.409. The Morgan fingerprint density at radius 3 is 2.89 bits per heavy atom. The molecule has 2 aromatic rings. The zero-order valence-electron chi connectivity index (χ0n) is 16.3. The number of nitrogens with one attached hydrogen (secondary N) is 1. The highest BCUT2D eigenvalue weighted by Gasteiger charge is 2.26. The third kappa shape index (κ3) is 4.73. The molecule has 1 unspecified atom stereocenters. The Labute approximate surface area is 161 Å². The van der Waals surface area contributed by atoms with Crippen LogP contribution < -0.4 is 19.7 Å². The van der Waals surface area contributed by atoms with Crippen molar-refractivity contribution >= 4 is 11.6 Å². The maximum absolute atomic E-state index is 12.6. The molecule has 0 aromatic heterocycles. The first-order chi connectivity index (χ1) is 13.1. The predicted molar refractivity (Wildman–Crippen MR) is 108 cm³/mol. The van der Waals surface area contributed by atoms with Crippen LogP contribution in [0.4, 0.5) is 5.69 Å². The molecule has 0 spiro atoms. The number of likely N-dealkylation sites (N-methyl/N-ethyl adjacent to an activating group) is 1. The van der Waals surface area contributed by atoms with E-state index in [0.29, 0.717) is 19.6 Å². The second-order valence-electron chi connectivity index (χ2n) is 6.90. The van der Waals surface area contributed by atoms with Gasteiger partial charge in [-0.3, -0.25) is 4.79 Å². The van der Waals surface area contributed by atoms with Crippen LogP contribution in [-0.2, 0) is 11.2 Å². The SMILES string of the molecule is CCN(CCNC(=O)C1COc2ccc(OC)cc2C1)c1cccc(C)c1. The fourth-order valence-corrected chi connectivity index (χ4v) is 3.42. The molecule has 1 amide bonds. The number of rotatable bonds is 7. The standard InChI is InChI=1S/C22H28N2O3/c1-4-24(19-7-5-6-16(2)12-19)11-10-23-22(25)18-13-17-14-20(26-3)8-9-21(17)27-15-18/h5-9,12,14,18H,4,10-11,13,15H2,1-3H3,(H,23,25). The predicted octanol–water partition coefficient (Wildman–Crippen LogP) is 3.20. The third-order valence-electron chi connectivity index (χ3n) is 4.97. The van der Waals surface area contributed by atoms with Crippen LogP contribution in [0, 0.1) is 12.8 Å². The van der Waals surface area contributed by atoms with E-state index in [4.69, 9.17) is 9.47 Å². The van der Waals surface area contributed by atoms with Gasteiger partial charge in [-0.25, -0.2) is 0 Å². The fourth-order valence-electron chi connectivity index (χ4n) is 3.42. The quantitative estimate of drug-likeness (QED) is 0.815. The van der Waals surface area contributed by atoms with E-state index in [2.05, 4.69) is 48.3 Å². The van der Waals surface area contributed by atoms with E-state index in [-0.39, 0.29) is 11.8 Å². The second-order valence-corrected chi connectivity index (χ2v) is 6.90. The highest BCUT2D eigenvalue weighted by molar-refractivity contribution is 5.79. The number of amides is 1. The summed E-state index contributed by atoms with van der Waals surface area (Å²) in [4.78, 5) is 14.9. The van der Waals surface area contributed by atoms with Crippen LogP contribution in [-0.4, -0.2) is 39.3 Å². The number of nitrogens with zero attached hydrogens (tertiary/aromatic N) is 1. The molecule has 27 heavy (non-hydrogen) atoms. The summed E-state index contributed by atoms with van der Waals surface area (Å²) in [6.07, 6.45) is 0.674. The molecule has 5 nitrogen and oxygen atoms in total. The lowest BCUT2D eigenvalue weighted by atomic mass is 9.96. The number of ether oxygens (including phenoxy) is 2. The number of fused-ring (bicyclic) bond motifs is 1. The van der Waals surface area contributed by atoms with Gasteiger partial charge in [-0.1, -0.05) is 12.1 Å². The van der Waals surface area contributed by atoms with Crippen molar-refractivity contribution in [2.75, 3.05) is 38.3 Å². The van der Waals surface area contributed by atoms with Gasteiger partial charge in [-0.05, 0) is 61.7 Å². The largest absolute Gasteiger partial charge is 0.497 e. The molecule has 1 N–H and O–H groups in total. The lowest BCUT2D eigenvalue weighted by Crippen LogP contribution is -2.41. The van der Waals surface area contributed by atoms with Crippen LogP contribution in [0.15, 0.2) is 42.5 Å². The molecule has 0 saturated heterocycles. The van der Waals surface area contributed by atoms with E-state index in [0.717, 1.165) is 30.2 Å². The second kappa shape index (κ2) is 8.80. The van der Waals surface area contributed by atoms with Crippen molar-refractivity contribution in [3.05, 3.63) is 53.6 Å². The average Bonchev–Trinajstić information content (AvgIpc) is 2.70. The first-order valence-electron chi connectivity index (χ1n) is 9.49. The van der Waals surface area contributed by atoms with Gasteiger partial charge in [-0.15, -0.1) is 0 Å². The molecule has 0 radical (unpaired) electrons. The van der Waals surface area contributed by atoms with Crippen molar-refractivity contribution in [2.24, 2.45) is 5.92 Å². The molecule has 1 aliphatic heterocycles. The summed E-state index contributed by atoms with van der Waals surface area (Å²) in [5.41, 5.74) is 3.45. The Morgan fingerprint density at radius 2 is 2.15 bits per heavy atom. The average molecular weight is 368 g/mol. The Kier molecular flexibility index (Phi) is 6.22. The summed E-state index contributed by atoms with van der Waals surface area (Å²) in [5.74, 6) is 1.51. The normalized spacial score (nSPS) is 15.4. The highest BCUT2D eigenvalue weighted by atomic mass is 16.5. The number of aryl methyl sites for hydroxylation is 1. The van der Waals surface area contributed by atoms with Crippen LogP contribution in [0.3, 0.4) is 0 Å². The Hall–Kier alpha value is -2.69. The highest BCUT2D eigenvalue weighted by Crippen LogP contribution is 2.30. The summed E-state index contributed by atoms with van der Waals surface area (Å²) in [5, 5.41) is 3.07. The maximum atomic E-state index is 12.6. The van der Waals surface area contributed by atoms with Crippen LogP contribution in [0.5, 0.6) is 11.5 Å². The van der Waals surface area contributed by atoms with Gasteiger partial charge in [0.15, 0.2) is 0 Å². The number of benzene rings is 2. The number of carbonyl (C=O) groups is 1. The topological polar surface area (TPSA) is 50.8 Å². The van der Waals surface area contributed by atoms with Crippen molar-refractivity contribution in [3.8, 4) is 11.5 Å². The van der Waals surface area contributed by atoms with Gasteiger partial charge < -0.3 is 19.7 Å². The minimum absolute atomic E-state index is 0.0452. The van der Waals surface area contributed by atoms with Gasteiger partial charge in [-0.2, -0.15) is 0 Å². The molecular formula is C22H28N2O3. The number of hydrogen-bond acceptors (Lipinski definition) is 4. The van der Waals surface area contributed by atoms with E-state index < -0.39 is 0 Å². The summed E-state index contributed by atoms with van der Waals surface area (Å²) >= 11 is 0. The van der Waals surface area contributed by atoms with Crippen LogP contribution in [0.2, 0.25) is 0 Å². The number of anilines is 1. The Balaban J connectivity index is 1.53. The van der Waals surface area contributed by atoms with Crippen LogP contribution in [0.1, 0.15) is 18.1 Å². The van der Waals surface area contributed by atoms with Gasteiger partial charge in [0.2, 0.25) is 5.91 Å². The first-order valence-corrected chi connectivity index (χ1v) is 9.49. The van der Waals surface area contributed by atoms with Gasteiger partial charge in [0, 0.05) is 25.3 Å². The van der Waals surface area contributed by atoms with Gasteiger partial charge in [0.05, 0.1) is 13.0 Å². The zero-order chi connectivity index (χ0) is 19.2. The monoisotopic (exact) mass is 368 g/mol. The minimum Gasteiger partial charge on any atom is -0.497 e. The molecule has 0 fully saturated rings. The summed E-state index contributed by atoms with van der Waals surface area (Å²) < 4.78 is 11.0. The number of methoxy groups -OCH3 is 1. The zero-order valence-corrected chi connectivity index (χ0v) is 16.3.